The number of halogens is 4. The molecule has 4 nitrogen and oxygen atoms in total. The van der Waals surface area contributed by atoms with Gasteiger partial charge in [0.15, 0.2) is 0 Å². The third-order valence-electron chi connectivity index (χ3n) is 5.57. The van der Waals surface area contributed by atoms with Gasteiger partial charge in [-0.2, -0.15) is 13.2 Å². The molecule has 0 bridgehead atoms. The topological polar surface area (TPSA) is 43.6 Å². The number of aryl methyl sites for hydroxylation is 1. The van der Waals surface area contributed by atoms with E-state index in [2.05, 4.69) is 5.16 Å². The van der Waals surface area contributed by atoms with Crippen LogP contribution in [0.5, 0.6) is 0 Å². The zero-order valence-corrected chi connectivity index (χ0v) is 18.6. The normalized spacial score (nSPS) is 16.1. The van der Waals surface area contributed by atoms with E-state index in [9.17, 15) is 22.4 Å². The fourth-order valence-electron chi connectivity index (χ4n) is 4.05. The first kappa shape index (κ1) is 23.1. The van der Waals surface area contributed by atoms with Crippen LogP contribution < -0.4 is 5.56 Å². The number of rotatable bonds is 5. The fourth-order valence-corrected chi connectivity index (χ4v) is 5.44. The van der Waals surface area contributed by atoms with E-state index in [1.165, 1.54) is 29.5 Å². The van der Waals surface area contributed by atoms with Gasteiger partial charge in [0.1, 0.15) is 18.6 Å². The molecule has 1 aliphatic rings. The lowest BCUT2D eigenvalue weighted by molar-refractivity contribution is -0.138. The molecule has 1 aliphatic heterocycles. The molecule has 0 radical (unpaired) electrons. The Morgan fingerprint density at radius 2 is 1.88 bits per heavy atom. The van der Waals surface area contributed by atoms with Crippen LogP contribution in [-0.4, -0.2) is 23.1 Å². The number of fused-ring (bicyclic) bond motifs is 1. The number of nitrogens with zero attached hydrogens (tertiary/aromatic N) is 2. The van der Waals surface area contributed by atoms with E-state index >= 15 is 0 Å². The number of pyridine rings is 1. The molecule has 9 heteroatoms. The van der Waals surface area contributed by atoms with E-state index in [1.807, 2.05) is 30.3 Å². The van der Waals surface area contributed by atoms with Gasteiger partial charge in [-0.1, -0.05) is 41.6 Å². The minimum Gasteiger partial charge on any atom is -0.399 e. The second kappa shape index (κ2) is 9.05. The summed E-state index contributed by atoms with van der Waals surface area (Å²) in [4.78, 5) is 18.0. The fraction of sp³-hybridized carbons (Fsp3) is 0.250. The first-order valence-electron chi connectivity index (χ1n) is 10.1. The molecule has 4 rings (SSSR count). The van der Waals surface area contributed by atoms with Crippen LogP contribution in [0.15, 0.2) is 69.6 Å². The van der Waals surface area contributed by atoms with Crippen LogP contribution in [0.4, 0.5) is 17.6 Å². The van der Waals surface area contributed by atoms with Crippen LogP contribution in [0.2, 0.25) is 0 Å². The second-order valence-electron chi connectivity index (χ2n) is 7.61. The van der Waals surface area contributed by atoms with Gasteiger partial charge in [0.25, 0.3) is 5.56 Å². The maximum absolute atomic E-state index is 14.5. The van der Waals surface area contributed by atoms with Gasteiger partial charge < -0.3 is 4.84 Å². The molecule has 172 valence electrons. The minimum atomic E-state index is -4.69. The molecular formula is C24H20F4N2O2S. The summed E-state index contributed by atoms with van der Waals surface area (Å²) < 4.78 is 56.7. The highest BCUT2D eigenvalue weighted by Gasteiger charge is 2.36. The zero-order chi connectivity index (χ0) is 23.8. The Labute approximate surface area is 191 Å². The van der Waals surface area contributed by atoms with Gasteiger partial charge in [-0.05, 0) is 30.2 Å². The molecule has 0 saturated carbocycles. The monoisotopic (exact) mass is 476 g/mol. The van der Waals surface area contributed by atoms with Crippen molar-refractivity contribution in [3.63, 3.8) is 0 Å². The van der Waals surface area contributed by atoms with E-state index in [1.54, 1.807) is 6.92 Å². The van der Waals surface area contributed by atoms with Crippen molar-refractivity contribution in [2.75, 3.05) is 12.9 Å². The second-order valence-corrected chi connectivity index (χ2v) is 8.62. The van der Waals surface area contributed by atoms with E-state index in [0.29, 0.717) is 27.6 Å². The number of thioether (sulfide) groups is 1. The summed E-state index contributed by atoms with van der Waals surface area (Å²) in [5, 5.41) is 4.66. The molecule has 0 fully saturated rings. The summed E-state index contributed by atoms with van der Waals surface area (Å²) in [6, 6.07) is 13.0. The third-order valence-corrected chi connectivity index (χ3v) is 6.77. The molecule has 3 aromatic rings. The van der Waals surface area contributed by atoms with Crippen molar-refractivity contribution in [1.29, 1.82) is 0 Å². The summed E-state index contributed by atoms with van der Waals surface area (Å²) in [7, 11) is 1.41. The predicted molar refractivity (Wildman–Crippen MR) is 119 cm³/mol. The van der Waals surface area contributed by atoms with Crippen LogP contribution in [0.3, 0.4) is 0 Å². The summed E-state index contributed by atoms with van der Waals surface area (Å²) in [5.41, 5.74) is 0.543. The van der Waals surface area contributed by atoms with Gasteiger partial charge in [0, 0.05) is 29.4 Å². The Morgan fingerprint density at radius 1 is 1.15 bits per heavy atom. The van der Waals surface area contributed by atoms with Crippen molar-refractivity contribution in [2.45, 2.75) is 30.6 Å². The largest absolute Gasteiger partial charge is 0.416 e. The van der Waals surface area contributed by atoms with Gasteiger partial charge in [-0.3, -0.25) is 9.36 Å². The van der Waals surface area contributed by atoms with Gasteiger partial charge in [-0.15, -0.1) is 11.8 Å². The van der Waals surface area contributed by atoms with Crippen LogP contribution in [-0.2, 0) is 17.4 Å². The first-order chi connectivity index (χ1) is 15.7. The number of benzene rings is 2. The van der Waals surface area contributed by atoms with Crippen molar-refractivity contribution in [2.24, 2.45) is 5.16 Å². The molecule has 0 N–H and O–H groups in total. The molecule has 1 unspecified atom stereocenters. The average Bonchev–Trinajstić information content (AvgIpc) is 3.21. The maximum atomic E-state index is 14.5. The van der Waals surface area contributed by atoms with Crippen LogP contribution in [0.25, 0.3) is 0 Å². The number of hydrogen-bond acceptors (Lipinski definition) is 4. The van der Waals surface area contributed by atoms with E-state index < -0.39 is 29.2 Å². The highest BCUT2D eigenvalue weighted by Crippen LogP contribution is 2.40. The molecule has 2 aromatic carbocycles. The smallest absolute Gasteiger partial charge is 0.399 e. The summed E-state index contributed by atoms with van der Waals surface area (Å²) in [5.74, 6) is -0.494. The van der Waals surface area contributed by atoms with Gasteiger partial charge in [0.05, 0.1) is 16.6 Å². The summed E-state index contributed by atoms with van der Waals surface area (Å²) in [6.45, 7) is 1.65. The SMILES string of the molecule is CO/N=C(/c1ccccc1)C1CSc2c(Cc3c(F)cccc3C(F)(F)F)c(C)cc(=O)n21. The van der Waals surface area contributed by atoms with Gasteiger partial charge in [-0.25, -0.2) is 4.39 Å². The predicted octanol–water partition coefficient (Wildman–Crippen LogP) is 5.60. The number of oxime groups is 1. The average molecular weight is 476 g/mol. The highest BCUT2D eigenvalue weighted by atomic mass is 32.2. The van der Waals surface area contributed by atoms with Crippen molar-refractivity contribution in [3.8, 4) is 0 Å². The lowest BCUT2D eigenvalue weighted by Gasteiger charge is -2.19. The number of hydrogen-bond donors (Lipinski definition) is 0. The van der Waals surface area contributed by atoms with E-state index in [-0.39, 0.29) is 12.0 Å². The lowest BCUT2D eigenvalue weighted by Crippen LogP contribution is -2.30. The molecule has 0 spiro atoms. The molecule has 0 saturated heterocycles. The maximum Gasteiger partial charge on any atom is 0.416 e. The Morgan fingerprint density at radius 3 is 2.55 bits per heavy atom. The molecule has 0 aliphatic carbocycles. The van der Waals surface area contributed by atoms with Crippen molar-refractivity contribution in [3.05, 3.63) is 98.6 Å². The highest BCUT2D eigenvalue weighted by molar-refractivity contribution is 7.99. The quantitative estimate of drug-likeness (QED) is 0.273. The molecule has 1 aromatic heterocycles. The van der Waals surface area contributed by atoms with Crippen LogP contribution in [0, 0.1) is 12.7 Å². The number of aromatic nitrogens is 1. The Balaban J connectivity index is 1.84. The number of alkyl halides is 3. The minimum absolute atomic E-state index is 0.287. The lowest BCUT2D eigenvalue weighted by atomic mass is 9.96. The van der Waals surface area contributed by atoms with Crippen molar-refractivity contribution in [1.82, 2.24) is 4.57 Å². The molecular weight excluding hydrogens is 456 g/mol. The van der Waals surface area contributed by atoms with Crippen molar-refractivity contribution >= 4 is 17.5 Å². The van der Waals surface area contributed by atoms with E-state index in [4.69, 9.17) is 4.84 Å². The van der Waals surface area contributed by atoms with Gasteiger partial charge in [0.2, 0.25) is 0 Å². The third kappa shape index (κ3) is 4.42. The Kier molecular flexibility index (Phi) is 6.34. The molecule has 0 amide bonds. The van der Waals surface area contributed by atoms with Crippen LogP contribution >= 0.6 is 11.8 Å². The first-order valence-corrected chi connectivity index (χ1v) is 11.1. The van der Waals surface area contributed by atoms with E-state index in [0.717, 1.165) is 23.8 Å². The van der Waals surface area contributed by atoms with Gasteiger partial charge >= 0.3 is 6.18 Å². The van der Waals surface area contributed by atoms with Crippen molar-refractivity contribution < 1.29 is 22.4 Å². The molecule has 2 heterocycles. The Bertz CT molecular complexity index is 1270. The Hall–Kier alpha value is -3.07. The van der Waals surface area contributed by atoms with Crippen LogP contribution in [0.1, 0.15) is 33.9 Å². The summed E-state index contributed by atoms with van der Waals surface area (Å²) in [6.07, 6.45) is -4.98. The molecule has 1 atom stereocenters. The molecule has 33 heavy (non-hydrogen) atoms. The standard InChI is InChI=1S/C24H20F4N2O2S/c1-14-11-21(31)30-20(22(29-32-2)15-7-4-3-5-8-15)13-33-23(30)16(14)12-17-18(24(26,27)28)9-6-10-19(17)25/h3-11,20H,12-13H2,1-2H3/b29-22-. The summed E-state index contributed by atoms with van der Waals surface area (Å²) >= 11 is 1.34. The zero-order valence-electron chi connectivity index (χ0n) is 17.8.